The number of nitrogens with zero attached hydrogens (tertiary/aromatic N) is 2. The molecule has 0 spiro atoms. The number of hydrogen-bond donors (Lipinski definition) is 2. The third-order valence-corrected chi connectivity index (χ3v) is 5.71. The molecule has 1 unspecified atom stereocenters. The number of nitriles is 1. The van der Waals surface area contributed by atoms with Gasteiger partial charge in [-0.1, -0.05) is 0 Å². The molecule has 0 radical (unpaired) electrons. The molecular formula is C23H23BF2N4O3. The summed E-state index contributed by atoms with van der Waals surface area (Å²) in [7, 11) is 5.49. The topological polar surface area (TPSA) is 86.6 Å². The van der Waals surface area contributed by atoms with Gasteiger partial charge < -0.3 is 10.1 Å². The van der Waals surface area contributed by atoms with Crippen molar-refractivity contribution < 1.29 is 23.0 Å². The molecule has 10 heteroatoms. The maximum absolute atomic E-state index is 14.9. The molecule has 33 heavy (non-hydrogen) atoms. The molecule has 2 heterocycles. The zero-order valence-corrected chi connectivity index (χ0v) is 18.2. The molecule has 1 saturated heterocycles. The van der Waals surface area contributed by atoms with Crippen molar-refractivity contribution in [1.82, 2.24) is 10.6 Å². The molecule has 0 aromatic heterocycles. The van der Waals surface area contributed by atoms with Crippen LogP contribution in [-0.4, -0.2) is 58.1 Å². The van der Waals surface area contributed by atoms with E-state index in [1.165, 1.54) is 18.2 Å². The first-order chi connectivity index (χ1) is 15.9. The van der Waals surface area contributed by atoms with Crippen LogP contribution in [0.5, 0.6) is 5.75 Å². The third-order valence-electron chi connectivity index (χ3n) is 5.71. The van der Waals surface area contributed by atoms with E-state index in [1.54, 1.807) is 24.1 Å². The predicted octanol–water partition coefficient (Wildman–Crippen LogP) is 1.38. The minimum atomic E-state index is -0.932. The molecule has 2 aromatic carbocycles. The third kappa shape index (κ3) is 4.89. The fraction of sp³-hybridized carbons (Fsp3) is 0.348. The van der Waals surface area contributed by atoms with E-state index in [4.69, 9.17) is 9.47 Å². The van der Waals surface area contributed by atoms with Crippen LogP contribution in [0.15, 0.2) is 30.3 Å². The Morgan fingerprint density at radius 3 is 2.94 bits per heavy atom. The molecule has 2 N–H and O–H groups in total. The van der Waals surface area contributed by atoms with Gasteiger partial charge in [0.15, 0.2) is 0 Å². The number of halogens is 2. The maximum atomic E-state index is 14.9. The number of ether oxygens (including phenoxy) is 2. The number of rotatable bonds is 5. The van der Waals surface area contributed by atoms with E-state index < -0.39 is 29.7 Å². The van der Waals surface area contributed by atoms with Gasteiger partial charge in [0, 0.05) is 13.2 Å². The molecule has 0 saturated carbocycles. The summed E-state index contributed by atoms with van der Waals surface area (Å²) in [5, 5.41) is 15.2. The molecule has 2 atom stereocenters. The van der Waals surface area contributed by atoms with E-state index in [1.807, 2.05) is 6.07 Å². The second-order valence-corrected chi connectivity index (χ2v) is 7.97. The van der Waals surface area contributed by atoms with E-state index in [0.717, 1.165) is 13.0 Å². The van der Waals surface area contributed by atoms with Crippen molar-refractivity contribution in [2.75, 3.05) is 31.6 Å². The van der Waals surface area contributed by atoms with E-state index >= 15 is 0 Å². The fourth-order valence-corrected chi connectivity index (χ4v) is 3.82. The van der Waals surface area contributed by atoms with Crippen LogP contribution in [0.2, 0.25) is 0 Å². The number of amides is 1. The van der Waals surface area contributed by atoms with Crippen molar-refractivity contribution in [3.63, 3.8) is 0 Å². The quantitative estimate of drug-likeness (QED) is 0.667. The number of nitrogens with one attached hydrogen (secondary N) is 2. The van der Waals surface area contributed by atoms with Gasteiger partial charge in [0.2, 0.25) is 0 Å². The van der Waals surface area contributed by atoms with Crippen LogP contribution < -0.4 is 20.3 Å². The molecule has 4 rings (SSSR count). The van der Waals surface area contributed by atoms with Gasteiger partial charge in [0.1, 0.15) is 6.10 Å². The SMILES string of the molecule is B=C1Oc2cc(F)c(-c3ccc(C[C@@H](C#N)NC(=O)C4CNCCCO4)c(F)c3)cc2N1C. The molecule has 170 valence electrons. The number of anilines is 1. The number of hydrogen-bond acceptors (Lipinski definition) is 6. The van der Waals surface area contributed by atoms with Gasteiger partial charge in [-0.25, -0.2) is 0 Å². The van der Waals surface area contributed by atoms with Gasteiger partial charge in [-0.3, -0.25) is 4.79 Å². The van der Waals surface area contributed by atoms with Crippen LogP contribution in [-0.2, 0) is 16.0 Å². The summed E-state index contributed by atoms with van der Waals surface area (Å²) in [5.41, 5.74) is 1.43. The van der Waals surface area contributed by atoms with Gasteiger partial charge in [0.05, 0.1) is 0 Å². The second-order valence-electron chi connectivity index (χ2n) is 7.97. The summed E-state index contributed by atoms with van der Waals surface area (Å²) < 4.78 is 40.5. The van der Waals surface area contributed by atoms with Crippen LogP contribution >= 0.6 is 0 Å². The minimum absolute atomic E-state index is 0.0302. The van der Waals surface area contributed by atoms with E-state index in [-0.39, 0.29) is 17.5 Å². The average Bonchev–Trinajstić information content (AvgIpc) is 2.98. The Labute approximate surface area is 191 Å². The summed E-state index contributed by atoms with van der Waals surface area (Å²) in [6.45, 7) is 1.56. The van der Waals surface area contributed by atoms with Crippen LogP contribution in [0.25, 0.3) is 11.1 Å². The standard InChI is InChI=1S/C23H23BF2N4O3/c1-30-19-9-16(18(26)10-20(19)33-23(30)24)13-3-4-14(17(25)8-13)7-15(11-27)29-22(31)21-12-28-5-2-6-32-21/h3-4,8-10,15,21,24,28H,2,5-7,12H2,1H3,(H,29,31)/t15-,21?/m0/s1. The van der Waals surface area contributed by atoms with E-state index in [0.29, 0.717) is 35.9 Å². The van der Waals surface area contributed by atoms with Crippen molar-refractivity contribution in [2.45, 2.75) is 25.0 Å². The average molecular weight is 452 g/mol. The Kier molecular flexibility index (Phi) is 6.72. The summed E-state index contributed by atoms with van der Waals surface area (Å²) in [6, 6.07) is 8.19. The fourth-order valence-electron chi connectivity index (χ4n) is 3.82. The Hall–Kier alpha value is -3.29. The van der Waals surface area contributed by atoms with Gasteiger partial charge in [-0.2, -0.15) is 5.26 Å². The molecule has 1 amide bonds. The van der Waals surface area contributed by atoms with Crippen LogP contribution in [0.3, 0.4) is 0 Å². The monoisotopic (exact) mass is 452 g/mol. The Morgan fingerprint density at radius 2 is 2.18 bits per heavy atom. The first-order valence-corrected chi connectivity index (χ1v) is 10.6. The number of carbonyl (C=O) groups is 1. The van der Waals surface area contributed by atoms with Gasteiger partial charge >= 0.3 is 133 Å². The molecule has 2 aromatic rings. The van der Waals surface area contributed by atoms with Crippen molar-refractivity contribution in [2.24, 2.45) is 0 Å². The Morgan fingerprint density at radius 1 is 1.36 bits per heavy atom. The van der Waals surface area contributed by atoms with Gasteiger partial charge in [-0.05, 0) is 13.0 Å². The zero-order valence-electron chi connectivity index (χ0n) is 18.2. The van der Waals surface area contributed by atoms with Crippen LogP contribution in [0, 0.1) is 23.0 Å². The molecule has 0 aliphatic carbocycles. The number of fused-ring (bicyclic) bond motifs is 1. The van der Waals surface area contributed by atoms with E-state index in [9.17, 15) is 18.8 Å². The zero-order chi connectivity index (χ0) is 23.5. The number of benzene rings is 2. The molecule has 2 aliphatic heterocycles. The predicted molar refractivity (Wildman–Crippen MR) is 121 cm³/mol. The van der Waals surface area contributed by atoms with Gasteiger partial charge in [0.25, 0.3) is 5.91 Å². The first kappa shape index (κ1) is 22.9. The Balaban J connectivity index is 1.49. The molecular weight excluding hydrogens is 429 g/mol. The van der Waals surface area contributed by atoms with Crippen LogP contribution in [0.1, 0.15) is 12.0 Å². The normalized spacial score (nSPS) is 18.6. The molecule has 0 bridgehead atoms. The Bertz CT molecular complexity index is 1130. The van der Waals surface area contributed by atoms with Crippen molar-refractivity contribution in [1.29, 1.82) is 5.26 Å². The van der Waals surface area contributed by atoms with Crippen molar-refractivity contribution >= 4 is 24.9 Å². The summed E-state index contributed by atoms with van der Waals surface area (Å²) in [4.78, 5) is 14.1. The molecule has 1 fully saturated rings. The van der Waals surface area contributed by atoms with E-state index in [2.05, 4.69) is 18.1 Å². The van der Waals surface area contributed by atoms with Crippen molar-refractivity contribution in [3.05, 3.63) is 47.5 Å². The van der Waals surface area contributed by atoms with Gasteiger partial charge in [-0.15, -0.1) is 0 Å². The first-order valence-electron chi connectivity index (χ1n) is 10.6. The summed E-state index contributed by atoms with van der Waals surface area (Å²) in [5.74, 6) is -0.841. The molecule has 2 aliphatic rings. The molecule has 7 nitrogen and oxygen atoms in total. The second kappa shape index (κ2) is 9.69. The summed E-state index contributed by atoms with van der Waals surface area (Å²) >= 11 is 0. The summed E-state index contributed by atoms with van der Waals surface area (Å²) in [6.07, 6.45) is 0.0697. The van der Waals surface area contributed by atoms with Crippen LogP contribution in [0.4, 0.5) is 14.5 Å². The number of carbonyl (C=O) groups excluding carboxylic acids is 1. The van der Waals surface area contributed by atoms with Crippen molar-refractivity contribution in [3.8, 4) is 22.9 Å².